The molecule has 2 aliphatic heterocycles. The molecule has 2 heterocycles. The van der Waals surface area contributed by atoms with Crippen LogP contribution in [0.25, 0.3) is 0 Å². The quantitative estimate of drug-likeness (QED) is 0.658. The molecule has 10 heteroatoms. The van der Waals surface area contributed by atoms with Crippen molar-refractivity contribution in [2.75, 3.05) is 13.2 Å². The van der Waals surface area contributed by atoms with Gasteiger partial charge in [-0.1, -0.05) is 12.1 Å². The van der Waals surface area contributed by atoms with Gasteiger partial charge in [0, 0.05) is 6.07 Å². The summed E-state index contributed by atoms with van der Waals surface area (Å²) in [5, 5.41) is 0. The largest absolute Gasteiger partial charge is 0.463 e. The molecule has 0 aliphatic carbocycles. The van der Waals surface area contributed by atoms with Crippen LogP contribution >= 0.6 is 0 Å². The third-order valence-corrected chi connectivity index (χ3v) is 4.98. The fraction of sp³-hybridized carbons (Fsp3) is 0.364. The Hall–Kier alpha value is -3.30. The van der Waals surface area contributed by atoms with Crippen LogP contribution in [-0.4, -0.2) is 37.3 Å². The molecule has 0 saturated heterocycles. The van der Waals surface area contributed by atoms with Gasteiger partial charge in [-0.3, -0.25) is 0 Å². The Kier molecular flexibility index (Phi) is 7.91. The maximum atomic E-state index is 13.3. The number of hydrogen-bond acceptors (Lipinski definition) is 6. The first-order valence-corrected chi connectivity index (χ1v) is 10.1. The zero-order chi connectivity index (χ0) is 23.1. The van der Waals surface area contributed by atoms with E-state index in [4.69, 9.17) is 20.9 Å². The molecule has 0 spiro atoms. The molecule has 0 amide bonds. The summed E-state index contributed by atoms with van der Waals surface area (Å²) >= 11 is 0. The summed E-state index contributed by atoms with van der Waals surface area (Å²) < 4.78 is 61.4. The molecule has 0 unspecified atom stereocenters. The minimum Gasteiger partial charge on any atom is -0.463 e. The first-order valence-electron chi connectivity index (χ1n) is 10.1. The normalized spacial score (nSPS) is 19.4. The molecule has 0 saturated carbocycles. The maximum Gasteiger partial charge on any atom is 0.282 e. The highest BCUT2D eigenvalue weighted by Crippen LogP contribution is 2.16. The summed E-state index contributed by atoms with van der Waals surface area (Å²) in [6.45, 7) is 0.907. The number of benzene rings is 2. The molecule has 2 aromatic rings. The van der Waals surface area contributed by atoms with Gasteiger partial charge in [0.1, 0.15) is 24.8 Å². The molecule has 2 atom stereocenters. The Labute approximate surface area is 182 Å². The highest BCUT2D eigenvalue weighted by Gasteiger charge is 2.17. The zero-order valence-electron chi connectivity index (χ0n) is 17.2. The van der Waals surface area contributed by atoms with Crippen molar-refractivity contribution >= 4 is 12.0 Å². The highest BCUT2D eigenvalue weighted by atomic mass is 19.2. The van der Waals surface area contributed by atoms with Crippen molar-refractivity contribution < 1.29 is 27.0 Å². The molecule has 0 radical (unpaired) electrons. The van der Waals surface area contributed by atoms with Crippen LogP contribution in [0.5, 0.6) is 0 Å². The van der Waals surface area contributed by atoms with E-state index in [0.717, 1.165) is 17.7 Å². The van der Waals surface area contributed by atoms with Crippen molar-refractivity contribution in [1.29, 1.82) is 0 Å². The number of nitrogens with zero attached hydrogens (tertiary/aromatic N) is 2. The molecular weight excluding hydrogens is 428 g/mol. The lowest BCUT2D eigenvalue weighted by molar-refractivity contribution is 0.307. The Morgan fingerprint density at radius 3 is 1.91 bits per heavy atom. The predicted octanol–water partition coefficient (Wildman–Crippen LogP) is 3.22. The number of hydrogen-bond donors (Lipinski definition) is 2. The zero-order valence-corrected chi connectivity index (χ0v) is 17.2. The van der Waals surface area contributed by atoms with E-state index in [9.17, 15) is 17.6 Å². The number of nitrogens with two attached hydrogens (primary N) is 2. The van der Waals surface area contributed by atoms with Gasteiger partial charge < -0.3 is 20.9 Å². The van der Waals surface area contributed by atoms with Crippen molar-refractivity contribution in [2.24, 2.45) is 21.5 Å². The lowest BCUT2D eigenvalue weighted by atomic mass is 10.1. The summed E-state index contributed by atoms with van der Waals surface area (Å²) in [5.74, 6) is -2.72. The third kappa shape index (κ3) is 6.86. The minimum absolute atomic E-state index is 0.0214. The molecule has 2 aromatic carbocycles. The van der Waals surface area contributed by atoms with Gasteiger partial charge in [0.2, 0.25) is 0 Å². The smallest absolute Gasteiger partial charge is 0.282 e. The highest BCUT2D eigenvalue weighted by molar-refractivity contribution is 5.73. The van der Waals surface area contributed by atoms with Crippen LogP contribution in [0.4, 0.5) is 17.6 Å². The SMILES string of the molecule is NC1=N[C@@H](CCc2ccc(F)c(F)c2)CO1.NC1=N[C@@H](CCc2ccc(F)cc2F)CO1. The van der Waals surface area contributed by atoms with Crippen molar-refractivity contribution in [3.8, 4) is 0 Å². The second-order valence-electron chi connectivity index (χ2n) is 7.43. The second-order valence-corrected chi connectivity index (χ2v) is 7.43. The van der Waals surface area contributed by atoms with E-state index in [1.165, 1.54) is 18.2 Å². The minimum atomic E-state index is -0.824. The average molecular weight is 452 g/mol. The van der Waals surface area contributed by atoms with Crippen LogP contribution in [-0.2, 0) is 22.3 Å². The fourth-order valence-electron chi connectivity index (χ4n) is 3.24. The van der Waals surface area contributed by atoms with E-state index in [0.29, 0.717) is 44.5 Å². The lowest BCUT2D eigenvalue weighted by Gasteiger charge is -2.05. The van der Waals surface area contributed by atoms with Crippen LogP contribution in [0.2, 0.25) is 0 Å². The maximum absolute atomic E-state index is 13.3. The third-order valence-electron chi connectivity index (χ3n) is 4.98. The van der Waals surface area contributed by atoms with Crippen LogP contribution < -0.4 is 11.5 Å². The van der Waals surface area contributed by atoms with Crippen molar-refractivity contribution in [3.05, 3.63) is 70.8 Å². The van der Waals surface area contributed by atoms with Crippen LogP contribution in [0, 0.1) is 23.3 Å². The van der Waals surface area contributed by atoms with Crippen LogP contribution in [0.1, 0.15) is 24.0 Å². The Morgan fingerprint density at radius 1 is 0.750 bits per heavy atom. The number of amidine groups is 2. The standard InChI is InChI=1S/2C11H12F2N2O/c12-8-3-1-7(10(13)5-8)2-4-9-6-16-11(14)15-9;12-9-4-2-7(5-10(9)13)1-3-8-6-16-11(14)15-8/h1,3,5,9H,2,4,6H2,(H2,14,15);2,4-5,8H,1,3,6H2,(H2,14,15)/t9-;8-/m00/s1. The first kappa shape index (κ1) is 23.4. The second kappa shape index (κ2) is 10.8. The molecule has 2 aliphatic rings. The van der Waals surface area contributed by atoms with Gasteiger partial charge in [-0.25, -0.2) is 27.5 Å². The van der Waals surface area contributed by atoms with E-state index in [-0.39, 0.29) is 24.1 Å². The van der Waals surface area contributed by atoms with Gasteiger partial charge in [-0.2, -0.15) is 0 Å². The van der Waals surface area contributed by atoms with E-state index < -0.39 is 23.3 Å². The summed E-state index contributed by atoms with van der Waals surface area (Å²) in [6, 6.07) is 7.89. The molecule has 4 N–H and O–H groups in total. The van der Waals surface area contributed by atoms with Crippen molar-refractivity contribution in [3.63, 3.8) is 0 Å². The number of rotatable bonds is 6. The summed E-state index contributed by atoms with van der Waals surface area (Å²) in [4.78, 5) is 8.07. The summed E-state index contributed by atoms with van der Waals surface area (Å²) in [5.41, 5.74) is 11.9. The molecular formula is C22H24F4N4O2. The fourth-order valence-corrected chi connectivity index (χ4v) is 3.24. The molecule has 4 rings (SSSR count). The number of ether oxygens (including phenoxy) is 2. The molecule has 172 valence electrons. The van der Waals surface area contributed by atoms with Gasteiger partial charge in [0.15, 0.2) is 11.6 Å². The number of aryl methyl sites for hydroxylation is 2. The molecule has 0 aromatic heterocycles. The summed E-state index contributed by atoms with van der Waals surface area (Å²) in [6.07, 6.45) is 2.48. The van der Waals surface area contributed by atoms with E-state index >= 15 is 0 Å². The van der Waals surface area contributed by atoms with Gasteiger partial charge >= 0.3 is 0 Å². The number of halogens is 4. The van der Waals surface area contributed by atoms with Crippen LogP contribution in [0.15, 0.2) is 46.4 Å². The van der Waals surface area contributed by atoms with E-state index in [1.54, 1.807) is 6.07 Å². The predicted molar refractivity (Wildman–Crippen MR) is 112 cm³/mol. The average Bonchev–Trinajstić information content (AvgIpc) is 3.36. The topological polar surface area (TPSA) is 95.2 Å². The van der Waals surface area contributed by atoms with Gasteiger partial charge in [-0.05, 0) is 55.0 Å². The molecule has 0 bridgehead atoms. The Balaban J connectivity index is 0.000000181. The van der Waals surface area contributed by atoms with Crippen molar-refractivity contribution in [1.82, 2.24) is 0 Å². The van der Waals surface area contributed by atoms with Crippen molar-refractivity contribution in [2.45, 2.75) is 37.8 Å². The van der Waals surface area contributed by atoms with Gasteiger partial charge in [0.05, 0.1) is 12.1 Å². The molecule has 6 nitrogen and oxygen atoms in total. The van der Waals surface area contributed by atoms with E-state index in [2.05, 4.69) is 9.98 Å². The van der Waals surface area contributed by atoms with Gasteiger partial charge in [-0.15, -0.1) is 0 Å². The Morgan fingerprint density at radius 2 is 1.38 bits per heavy atom. The lowest BCUT2D eigenvalue weighted by Crippen LogP contribution is -2.10. The number of aliphatic imine (C=N–C) groups is 2. The Bertz CT molecular complexity index is 1000. The van der Waals surface area contributed by atoms with Gasteiger partial charge in [0.25, 0.3) is 12.0 Å². The summed E-state index contributed by atoms with van der Waals surface area (Å²) in [7, 11) is 0. The molecule has 32 heavy (non-hydrogen) atoms. The molecule has 0 fully saturated rings. The first-order chi connectivity index (χ1) is 15.3. The monoisotopic (exact) mass is 452 g/mol. The van der Waals surface area contributed by atoms with E-state index in [1.807, 2.05) is 0 Å². The van der Waals surface area contributed by atoms with Crippen LogP contribution in [0.3, 0.4) is 0 Å².